The topological polar surface area (TPSA) is 33.1 Å². The van der Waals surface area contributed by atoms with E-state index in [1.54, 1.807) is 0 Å². The normalized spacial score (nSPS) is 16.1. The maximum absolute atomic E-state index is 9.29. The number of hydrogen-bond donors (Lipinski definition) is 1. The monoisotopic (exact) mass is 267 g/mol. The number of aromatic nitrogens is 1. The van der Waals surface area contributed by atoms with Crippen molar-refractivity contribution in [1.82, 2.24) is 4.98 Å². The van der Waals surface area contributed by atoms with Crippen LogP contribution in [0.5, 0.6) is 0 Å². The van der Waals surface area contributed by atoms with E-state index >= 15 is 0 Å². The molecule has 1 aromatic carbocycles. The molecular formula is C16H13NOS. The molecule has 0 saturated carbocycles. The highest BCUT2D eigenvalue weighted by molar-refractivity contribution is 7.99. The lowest BCUT2D eigenvalue weighted by Crippen LogP contribution is -2.00. The molecule has 1 aromatic heterocycles. The summed E-state index contributed by atoms with van der Waals surface area (Å²) in [6.07, 6.45) is 2.86. The Balaban J connectivity index is 1.89. The molecule has 0 radical (unpaired) electrons. The van der Waals surface area contributed by atoms with Gasteiger partial charge in [-0.1, -0.05) is 18.2 Å². The van der Waals surface area contributed by atoms with Crippen molar-refractivity contribution in [1.29, 1.82) is 0 Å². The van der Waals surface area contributed by atoms with Crippen LogP contribution < -0.4 is 0 Å². The Morgan fingerprint density at radius 2 is 2.11 bits per heavy atom. The molecule has 0 saturated heterocycles. The van der Waals surface area contributed by atoms with Crippen LogP contribution in [0.2, 0.25) is 0 Å². The van der Waals surface area contributed by atoms with Crippen molar-refractivity contribution in [2.24, 2.45) is 0 Å². The molecule has 2 aromatic rings. The standard InChI is InChI=1S/C16H13NOS/c18-8-10-3-4-11-7-14-12-2-1-5-17-16(12)19-9-15(14)13(11)6-10/h1-6,18H,7-9H2. The van der Waals surface area contributed by atoms with Crippen molar-refractivity contribution in [2.75, 3.05) is 5.75 Å². The van der Waals surface area contributed by atoms with Gasteiger partial charge in [0.25, 0.3) is 0 Å². The third-order valence-electron chi connectivity index (χ3n) is 3.86. The zero-order valence-corrected chi connectivity index (χ0v) is 11.2. The molecule has 2 nitrogen and oxygen atoms in total. The Bertz CT molecular complexity index is 706. The van der Waals surface area contributed by atoms with Gasteiger partial charge in [-0.2, -0.15) is 0 Å². The van der Waals surface area contributed by atoms with E-state index in [9.17, 15) is 5.11 Å². The number of aliphatic hydroxyl groups is 1. The second-order valence-corrected chi connectivity index (χ2v) is 5.89. The largest absolute Gasteiger partial charge is 0.392 e. The second-order valence-electron chi connectivity index (χ2n) is 4.93. The summed E-state index contributed by atoms with van der Waals surface area (Å²) in [7, 11) is 0. The maximum atomic E-state index is 9.29. The minimum Gasteiger partial charge on any atom is -0.392 e. The Kier molecular flexibility index (Phi) is 2.50. The summed E-state index contributed by atoms with van der Waals surface area (Å²) in [5.41, 5.74) is 7.83. The molecule has 2 aliphatic rings. The van der Waals surface area contributed by atoms with Crippen LogP contribution in [0.1, 0.15) is 22.3 Å². The highest BCUT2D eigenvalue weighted by Crippen LogP contribution is 2.46. The number of rotatable bonds is 1. The Labute approximate surface area is 116 Å². The van der Waals surface area contributed by atoms with Gasteiger partial charge in [-0.25, -0.2) is 4.98 Å². The molecule has 0 atom stereocenters. The van der Waals surface area contributed by atoms with Crippen molar-refractivity contribution in [3.05, 3.63) is 58.8 Å². The molecule has 94 valence electrons. The van der Waals surface area contributed by atoms with Gasteiger partial charge in [0, 0.05) is 17.5 Å². The van der Waals surface area contributed by atoms with Crippen molar-refractivity contribution in [3.8, 4) is 0 Å². The highest BCUT2D eigenvalue weighted by atomic mass is 32.2. The number of pyridine rings is 1. The lowest BCUT2D eigenvalue weighted by atomic mass is 10.0. The lowest BCUT2D eigenvalue weighted by molar-refractivity contribution is 0.282. The number of benzene rings is 1. The van der Waals surface area contributed by atoms with E-state index in [0.717, 1.165) is 22.8 Å². The van der Waals surface area contributed by atoms with Gasteiger partial charge < -0.3 is 5.11 Å². The number of thioether (sulfide) groups is 1. The van der Waals surface area contributed by atoms with Crippen molar-refractivity contribution in [3.63, 3.8) is 0 Å². The van der Waals surface area contributed by atoms with Crippen LogP contribution in [0.4, 0.5) is 0 Å². The van der Waals surface area contributed by atoms with Gasteiger partial charge in [0.1, 0.15) is 5.03 Å². The smallest absolute Gasteiger partial charge is 0.104 e. The van der Waals surface area contributed by atoms with Gasteiger partial charge >= 0.3 is 0 Å². The molecule has 3 heteroatoms. The van der Waals surface area contributed by atoms with Gasteiger partial charge in [0.05, 0.1) is 6.61 Å². The fourth-order valence-corrected chi connectivity index (χ4v) is 4.01. The SMILES string of the molecule is OCc1ccc2c(c1)C1=C(C2)c2cccnc2SC1. The molecule has 0 spiro atoms. The summed E-state index contributed by atoms with van der Waals surface area (Å²) in [6.45, 7) is 0.112. The third-order valence-corrected chi connectivity index (χ3v) is 4.89. The summed E-state index contributed by atoms with van der Waals surface area (Å²) >= 11 is 1.81. The molecule has 0 amide bonds. The molecule has 19 heavy (non-hydrogen) atoms. The van der Waals surface area contributed by atoms with Crippen LogP contribution in [0.3, 0.4) is 0 Å². The van der Waals surface area contributed by atoms with Crippen LogP contribution in [-0.2, 0) is 13.0 Å². The minimum atomic E-state index is 0.112. The predicted octanol–water partition coefficient (Wildman–Crippen LogP) is 3.15. The zero-order chi connectivity index (χ0) is 12.8. The molecule has 0 bridgehead atoms. The summed E-state index contributed by atoms with van der Waals surface area (Å²) in [6, 6.07) is 10.5. The number of nitrogens with zero attached hydrogens (tertiary/aromatic N) is 1. The molecule has 0 unspecified atom stereocenters. The van der Waals surface area contributed by atoms with Gasteiger partial charge in [-0.05, 0) is 46.4 Å². The summed E-state index contributed by atoms with van der Waals surface area (Å²) in [5.74, 6) is 0.987. The van der Waals surface area contributed by atoms with Crippen LogP contribution in [0, 0.1) is 0 Å². The van der Waals surface area contributed by atoms with Crippen LogP contribution >= 0.6 is 11.8 Å². The summed E-state index contributed by atoms with van der Waals surface area (Å²) < 4.78 is 0. The first-order valence-corrected chi connectivity index (χ1v) is 7.38. The minimum absolute atomic E-state index is 0.112. The van der Waals surface area contributed by atoms with Gasteiger partial charge in [0.15, 0.2) is 0 Å². The Morgan fingerprint density at radius 1 is 1.16 bits per heavy atom. The van der Waals surface area contributed by atoms with E-state index in [1.165, 1.54) is 27.8 Å². The Hall–Kier alpha value is -1.58. The van der Waals surface area contributed by atoms with Crippen LogP contribution in [0.15, 0.2) is 41.6 Å². The fraction of sp³-hybridized carbons (Fsp3) is 0.188. The van der Waals surface area contributed by atoms with E-state index in [0.29, 0.717) is 0 Å². The van der Waals surface area contributed by atoms with Crippen molar-refractivity contribution in [2.45, 2.75) is 18.1 Å². The highest BCUT2D eigenvalue weighted by Gasteiger charge is 2.28. The van der Waals surface area contributed by atoms with Crippen LogP contribution in [0.25, 0.3) is 11.1 Å². The van der Waals surface area contributed by atoms with Gasteiger partial charge in [-0.3, -0.25) is 0 Å². The third kappa shape index (κ3) is 1.66. The van der Waals surface area contributed by atoms with Crippen molar-refractivity contribution >= 4 is 22.9 Å². The molecule has 1 aliphatic heterocycles. The number of aliphatic hydroxyl groups excluding tert-OH is 1. The predicted molar refractivity (Wildman–Crippen MR) is 77.8 cm³/mol. The second kappa shape index (κ2) is 4.22. The number of allylic oxidation sites excluding steroid dienone is 1. The molecule has 1 N–H and O–H groups in total. The first-order valence-electron chi connectivity index (χ1n) is 6.40. The quantitative estimate of drug-likeness (QED) is 0.861. The van der Waals surface area contributed by atoms with Crippen LogP contribution in [-0.4, -0.2) is 15.8 Å². The first-order chi connectivity index (χ1) is 9.36. The first kappa shape index (κ1) is 11.3. The van der Waals surface area contributed by atoms with Crippen molar-refractivity contribution < 1.29 is 5.11 Å². The van der Waals surface area contributed by atoms with Gasteiger partial charge in [0.2, 0.25) is 0 Å². The Morgan fingerprint density at radius 3 is 3.00 bits per heavy atom. The lowest BCUT2D eigenvalue weighted by Gasteiger charge is -2.17. The zero-order valence-electron chi connectivity index (χ0n) is 10.4. The van der Waals surface area contributed by atoms with E-state index in [4.69, 9.17) is 0 Å². The molecule has 4 rings (SSSR count). The molecule has 1 aliphatic carbocycles. The average molecular weight is 267 g/mol. The average Bonchev–Trinajstić information content (AvgIpc) is 2.85. The summed E-state index contributed by atoms with van der Waals surface area (Å²) in [4.78, 5) is 4.47. The number of fused-ring (bicyclic) bond motifs is 4. The fourth-order valence-electron chi connectivity index (χ4n) is 2.92. The summed E-state index contributed by atoms with van der Waals surface area (Å²) in [5, 5.41) is 10.4. The number of hydrogen-bond acceptors (Lipinski definition) is 3. The van der Waals surface area contributed by atoms with E-state index in [-0.39, 0.29) is 6.61 Å². The van der Waals surface area contributed by atoms with E-state index in [1.807, 2.05) is 30.1 Å². The molecular weight excluding hydrogens is 254 g/mol. The molecule has 0 fully saturated rings. The van der Waals surface area contributed by atoms with E-state index < -0.39 is 0 Å². The maximum Gasteiger partial charge on any atom is 0.104 e. The molecule has 2 heterocycles. The van der Waals surface area contributed by atoms with Gasteiger partial charge in [-0.15, -0.1) is 11.8 Å². The van der Waals surface area contributed by atoms with E-state index in [2.05, 4.69) is 23.2 Å².